The fourth-order valence-corrected chi connectivity index (χ4v) is 3.29. The number of guanidine groups is 1. The van der Waals surface area contributed by atoms with Gasteiger partial charge in [-0.2, -0.15) is 0 Å². The number of piperazine rings is 1. The van der Waals surface area contributed by atoms with Crippen LogP contribution in [0.25, 0.3) is 0 Å². The van der Waals surface area contributed by atoms with Crippen LogP contribution in [0.3, 0.4) is 0 Å². The molecule has 9 nitrogen and oxygen atoms in total. The molecule has 0 radical (unpaired) electrons. The third kappa shape index (κ3) is 9.17. The number of carbonyl (C=O) groups is 1. The van der Waals surface area contributed by atoms with E-state index in [1.807, 2.05) is 12.4 Å². The largest absolute Gasteiger partial charge is 0.383 e. The highest BCUT2D eigenvalue weighted by Gasteiger charge is 2.21. The number of aliphatic imine (C=N–C) groups is 1. The van der Waals surface area contributed by atoms with E-state index in [1.54, 1.807) is 7.11 Å². The minimum Gasteiger partial charge on any atom is -0.383 e. The second-order valence-electron chi connectivity index (χ2n) is 7.67. The fourth-order valence-electron chi connectivity index (χ4n) is 3.29. The summed E-state index contributed by atoms with van der Waals surface area (Å²) < 4.78 is 7.14. The Balaban J connectivity index is 0.00000450. The van der Waals surface area contributed by atoms with E-state index in [2.05, 4.69) is 50.8 Å². The molecule has 30 heavy (non-hydrogen) atoms. The number of carbonyl (C=O) groups excluding carboxylic acids is 1. The summed E-state index contributed by atoms with van der Waals surface area (Å²) in [6.07, 6.45) is 3.87. The van der Waals surface area contributed by atoms with Crippen molar-refractivity contribution in [2.45, 2.75) is 33.9 Å². The van der Waals surface area contributed by atoms with Gasteiger partial charge in [0, 0.05) is 65.3 Å². The summed E-state index contributed by atoms with van der Waals surface area (Å²) in [4.78, 5) is 25.7. The number of halogens is 1. The predicted octanol–water partition coefficient (Wildman–Crippen LogP) is 1.00. The monoisotopic (exact) mass is 535 g/mol. The van der Waals surface area contributed by atoms with Crippen molar-refractivity contribution in [1.29, 1.82) is 0 Å². The molecule has 1 aliphatic heterocycles. The van der Waals surface area contributed by atoms with Crippen LogP contribution in [-0.2, 0) is 22.6 Å². The number of hydrogen-bond acceptors (Lipinski definition) is 5. The maximum Gasteiger partial charge on any atom is 0.234 e. The standard InChI is InChI=1S/C20H37N7O2.HI/c1-5-21-20(24-14-18-22-6-8-27(18)15-17(2)3)26-11-9-25(10-12-26)16-19(28)23-7-13-29-4;/h6,8,17H,5,7,9-16H2,1-4H3,(H,21,24)(H,23,28);1H. The van der Waals surface area contributed by atoms with Gasteiger partial charge in [-0.25, -0.2) is 9.98 Å². The lowest BCUT2D eigenvalue weighted by molar-refractivity contribution is -0.122. The van der Waals surface area contributed by atoms with Crippen LogP contribution in [-0.4, -0.2) is 90.7 Å². The molecule has 0 bridgehead atoms. The SMILES string of the molecule is CCNC(=NCc1nccn1CC(C)C)N1CCN(CC(=O)NCCOC)CC1.I. The number of imidazole rings is 1. The molecule has 172 valence electrons. The van der Waals surface area contributed by atoms with E-state index < -0.39 is 0 Å². The van der Waals surface area contributed by atoms with Crippen LogP contribution in [0.1, 0.15) is 26.6 Å². The molecule has 1 aromatic rings. The number of nitrogens with one attached hydrogen (secondary N) is 2. The molecule has 2 heterocycles. The van der Waals surface area contributed by atoms with Crippen LogP contribution >= 0.6 is 24.0 Å². The van der Waals surface area contributed by atoms with E-state index in [-0.39, 0.29) is 29.9 Å². The third-order valence-electron chi connectivity index (χ3n) is 4.74. The van der Waals surface area contributed by atoms with Gasteiger partial charge in [0.05, 0.1) is 13.2 Å². The molecule has 0 aromatic carbocycles. The van der Waals surface area contributed by atoms with Crippen LogP contribution < -0.4 is 10.6 Å². The van der Waals surface area contributed by atoms with E-state index in [0.717, 1.165) is 51.1 Å². The number of ether oxygens (including phenoxy) is 1. The van der Waals surface area contributed by atoms with Gasteiger partial charge in [0.2, 0.25) is 5.91 Å². The zero-order chi connectivity index (χ0) is 21.1. The molecular weight excluding hydrogens is 497 g/mol. The average molecular weight is 535 g/mol. The first-order chi connectivity index (χ1) is 14.0. The van der Waals surface area contributed by atoms with Crippen molar-refractivity contribution < 1.29 is 9.53 Å². The smallest absolute Gasteiger partial charge is 0.234 e. The van der Waals surface area contributed by atoms with Gasteiger partial charge in [0.15, 0.2) is 5.96 Å². The number of hydrogen-bond donors (Lipinski definition) is 2. The molecule has 0 aliphatic carbocycles. The number of aromatic nitrogens is 2. The Labute approximate surface area is 197 Å². The fraction of sp³-hybridized carbons (Fsp3) is 0.750. The molecule has 1 saturated heterocycles. The van der Waals surface area contributed by atoms with Crippen molar-refractivity contribution in [3.05, 3.63) is 18.2 Å². The van der Waals surface area contributed by atoms with Gasteiger partial charge in [-0.3, -0.25) is 9.69 Å². The lowest BCUT2D eigenvalue weighted by Gasteiger charge is -2.36. The van der Waals surface area contributed by atoms with Crippen molar-refractivity contribution in [3.63, 3.8) is 0 Å². The molecule has 0 saturated carbocycles. The van der Waals surface area contributed by atoms with Gasteiger partial charge in [-0.15, -0.1) is 24.0 Å². The van der Waals surface area contributed by atoms with Crippen molar-refractivity contribution in [2.24, 2.45) is 10.9 Å². The number of nitrogens with zero attached hydrogens (tertiary/aromatic N) is 5. The molecule has 10 heteroatoms. The van der Waals surface area contributed by atoms with Gasteiger partial charge < -0.3 is 24.8 Å². The second kappa shape index (κ2) is 14.6. The molecule has 0 spiro atoms. The first-order valence-electron chi connectivity index (χ1n) is 10.5. The average Bonchev–Trinajstić information content (AvgIpc) is 3.12. The van der Waals surface area contributed by atoms with E-state index in [1.165, 1.54) is 0 Å². The molecule has 0 unspecified atom stereocenters. The summed E-state index contributed by atoms with van der Waals surface area (Å²) in [6.45, 7) is 13.7. The van der Waals surface area contributed by atoms with E-state index >= 15 is 0 Å². The Morgan fingerprint density at radius 3 is 2.63 bits per heavy atom. The third-order valence-corrected chi connectivity index (χ3v) is 4.74. The Hall–Kier alpha value is -1.40. The number of methoxy groups -OCH3 is 1. The predicted molar refractivity (Wildman–Crippen MR) is 130 cm³/mol. The molecule has 0 atom stereocenters. The van der Waals surface area contributed by atoms with Gasteiger partial charge in [0.25, 0.3) is 0 Å². The Kier molecular flexibility index (Phi) is 12.9. The maximum absolute atomic E-state index is 12.0. The van der Waals surface area contributed by atoms with Crippen molar-refractivity contribution in [2.75, 3.05) is 59.5 Å². The minimum absolute atomic E-state index is 0. The van der Waals surface area contributed by atoms with Crippen LogP contribution in [0.2, 0.25) is 0 Å². The van der Waals surface area contributed by atoms with Crippen molar-refractivity contribution in [1.82, 2.24) is 30.0 Å². The highest BCUT2D eigenvalue weighted by molar-refractivity contribution is 14.0. The molecular formula is C20H38IN7O2. The Morgan fingerprint density at radius 2 is 2.00 bits per heavy atom. The Bertz CT molecular complexity index is 643. The van der Waals surface area contributed by atoms with Crippen LogP contribution in [0.4, 0.5) is 0 Å². The lowest BCUT2D eigenvalue weighted by atomic mass is 10.2. The van der Waals surface area contributed by atoms with Gasteiger partial charge >= 0.3 is 0 Å². The quantitative estimate of drug-likeness (QED) is 0.201. The Morgan fingerprint density at radius 1 is 1.27 bits per heavy atom. The summed E-state index contributed by atoms with van der Waals surface area (Å²) in [6, 6.07) is 0. The molecule has 2 N–H and O–H groups in total. The van der Waals surface area contributed by atoms with Crippen molar-refractivity contribution >= 4 is 35.8 Å². The van der Waals surface area contributed by atoms with E-state index in [4.69, 9.17) is 9.73 Å². The summed E-state index contributed by atoms with van der Waals surface area (Å²) in [5.41, 5.74) is 0. The van der Waals surface area contributed by atoms with Gasteiger partial charge in [0.1, 0.15) is 12.4 Å². The molecule has 1 fully saturated rings. The second-order valence-corrected chi connectivity index (χ2v) is 7.67. The number of amides is 1. The lowest BCUT2D eigenvalue weighted by Crippen LogP contribution is -2.54. The minimum atomic E-state index is 0. The van der Waals surface area contributed by atoms with E-state index in [9.17, 15) is 4.79 Å². The molecule has 1 amide bonds. The summed E-state index contributed by atoms with van der Waals surface area (Å²) in [7, 11) is 1.63. The van der Waals surface area contributed by atoms with Crippen LogP contribution in [0.15, 0.2) is 17.4 Å². The molecule has 1 aromatic heterocycles. The van der Waals surface area contributed by atoms with E-state index in [0.29, 0.717) is 32.2 Å². The first kappa shape index (κ1) is 26.6. The molecule has 1 aliphatic rings. The normalized spacial score (nSPS) is 15.2. The zero-order valence-corrected chi connectivity index (χ0v) is 21.1. The van der Waals surface area contributed by atoms with Gasteiger partial charge in [-0.05, 0) is 12.8 Å². The summed E-state index contributed by atoms with van der Waals surface area (Å²) >= 11 is 0. The molecule has 2 rings (SSSR count). The summed E-state index contributed by atoms with van der Waals surface area (Å²) in [5.74, 6) is 2.52. The highest BCUT2D eigenvalue weighted by atomic mass is 127. The zero-order valence-electron chi connectivity index (χ0n) is 18.8. The highest BCUT2D eigenvalue weighted by Crippen LogP contribution is 2.07. The van der Waals surface area contributed by atoms with Crippen molar-refractivity contribution in [3.8, 4) is 0 Å². The first-order valence-corrected chi connectivity index (χ1v) is 10.5. The van der Waals surface area contributed by atoms with Crippen LogP contribution in [0.5, 0.6) is 0 Å². The van der Waals surface area contributed by atoms with Crippen LogP contribution in [0, 0.1) is 5.92 Å². The maximum atomic E-state index is 12.0. The summed E-state index contributed by atoms with van der Waals surface area (Å²) in [5, 5.41) is 6.27. The topological polar surface area (TPSA) is 87.0 Å². The van der Waals surface area contributed by atoms with Gasteiger partial charge in [-0.1, -0.05) is 13.8 Å². The number of rotatable bonds is 10.